The van der Waals surface area contributed by atoms with E-state index in [0.717, 1.165) is 5.56 Å². The van der Waals surface area contributed by atoms with Gasteiger partial charge in [0.1, 0.15) is 0 Å². The van der Waals surface area contributed by atoms with E-state index in [4.69, 9.17) is 9.47 Å². The molecule has 2 aromatic rings. The molecule has 0 aliphatic carbocycles. The highest BCUT2D eigenvalue weighted by Gasteiger charge is 2.29. The van der Waals surface area contributed by atoms with Gasteiger partial charge in [-0.25, -0.2) is 4.79 Å². The number of ether oxygens (including phenoxy) is 2. The van der Waals surface area contributed by atoms with E-state index >= 15 is 0 Å². The molecule has 7 nitrogen and oxygen atoms in total. The quantitative estimate of drug-likeness (QED) is 0.627. The van der Waals surface area contributed by atoms with Crippen LogP contribution in [0.25, 0.3) is 6.08 Å². The van der Waals surface area contributed by atoms with Crippen molar-refractivity contribution in [3.8, 4) is 11.5 Å². The molecule has 3 rings (SSSR count). The van der Waals surface area contributed by atoms with Crippen LogP contribution < -0.4 is 14.5 Å². The summed E-state index contributed by atoms with van der Waals surface area (Å²) in [5, 5.41) is 14.8. The Bertz CT molecular complexity index is 1060. The molecule has 31 heavy (non-hydrogen) atoms. The largest absolute Gasteiger partial charge is 0.490 e. The van der Waals surface area contributed by atoms with Crippen LogP contribution in [0.5, 0.6) is 11.5 Å². The summed E-state index contributed by atoms with van der Waals surface area (Å²) in [6.45, 7) is 8.86. The number of carbonyl (C=O) groups excluding carboxylic acids is 1. The highest BCUT2D eigenvalue weighted by molar-refractivity contribution is 6.32. The van der Waals surface area contributed by atoms with Crippen molar-refractivity contribution in [1.29, 1.82) is 0 Å². The van der Waals surface area contributed by atoms with Crippen LogP contribution in [0.4, 0.5) is 5.69 Å². The second-order valence-electron chi connectivity index (χ2n) is 7.56. The van der Waals surface area contributed by atoms with Crippen LogP contribution in [0.2, 0.25) is 0 Å². The average Bonchev–Trinajstić information content (AvgIpc) is 3.01. The Morgan fingerprint density at radius 3 is 2.61 bits per heavy atom. The van der Waals surface area contributed by atoms with Crippen molar-refractivity contribution in [3.05, 3.63) is 59.2 Å². The van der Waals surface area contributed by atoms with Gasteiger partial charge in [-0.3, -0.25) is 4.79 Å². The van der Waals surface area contributed by atoms with Crippen LogP contribution in [0.1, 0.15) is 43.6 Å². The fourth-order valence-corrected chi connectivity index (χ4v) is 3.06. The highest BCUT2D eigenvalue weighted by Crippen LogP contribution is 2.31. The Hall–Kier alpha value is -3.61. The number of carboxylic acids is 1. The van der Waals surface area contributed by atoms with Crippen molar-refractivity contribution in [2.75, 3.05) is 18.2 Å². The summed E-state index contributed by atoms with van der Waals surface area (Å²) < 4.78 is 11.5. The maximum Gasteiger partial charge on any atom is 0.335 e. The smallest absolute Gasteiger partial charge is 0.335 e. The van der Waals surface area contributed by atoms with E-state index < -0.39 is 5.97 Å². The first kappa shape index (κ1) is 22.1. The number of hydrazone groups is 1. The van der Waals surface area contributed by atoms with Gasteiger partial charge in [-0.2, -0.15) is 10.1 Å². The summed E-state index contributed by atoms with van der Waals surface area (Å²) in [6, 6.07) is 11.7. The van der Waals surface area contributed by atoms with Crippen molar-refractivity contribution >= 4 is 29.4 Å². The zero-order valence-electron chi connectivity index (χ0n) is 18.1. The van der Waals surface area contributed by atoms with Crippen molar-refractivity contribution < 1.29 is 24.2 Å². The minimum atomic E-state index is -1.06. The summed E-state index contributed by atoms with van der Waals surface area (Å²) in [5.74, 6) is 0.277. The number of anilines is 1. The fraction of sp³-hybridized carbons (Fsp3) is 0.292. The normalized spacial score (nSPS) is 14.9. The summed E-state index contributed by atoms with van der Waals surface area (Å²) in [6.07, 6.45) is 1.75. The van der Waals surface area contributed by atoms with Gasteiger partial charge in [0.15, 0.2) is 11.5 Å². The third kappa shape index (κ3) is 5.12. The molecule has 0 saturated heterocycles. The molecule has 0 saturated carbocycles. The van der Waals surface area contributed by atoms with Crippen molar-refractivity contribution in [3.63, 3.8) is 0 Å². The van der Waals surface area contributed by atoms with E-state index in [2.05, 4.69) is 18.9 Å². The lowest BCUT2D eigenvalue weighted by Gasteiger charge is -2.14. The molecule has 2 aromatic carbocycles. The number of benzene rings is 2. The van der Waals surface area contributed by atoms with E-state index in [1.807, 2.05) is 25.1 Å². The standard InChI is InChI=1S/C24H26N2O5/c1-5-30-22-12-17(9-10-21(22)31-14-15(2)3)11-20-16(4)25-26(23(20)27)19-8-6-7-18(13-19)24(28)29/h6-13,15H,5,14H2,1-4H3,(H,28,29)/b20-11-. The molecule has 1 heterocycles. The molecule has 0 atom stereocenters. The second-order valence-corrected chi connectivity index (χ2v) is 7.56. The number of carboxylic acid groups (broad SMARTS) is 1. The fourth-order valence-electron chi connectivity index (χ4n) is 3.06. The molecular weight excluding hydrogens is 396 g/mol. The minimum Gasteiger partial charge on any atom is -0.490 e. The Labute approximate surface area is 181 Å². The van der Waals surface area contributed by atoms with Crippen molar-refractivity contribution in [2.45, 2.75) is 27.7 Å². The lowest BCUT2D eigenvalue weighted by atomic mass is 10.1. The molecule has 1 aliphatic heterocycles. The van der Waals surface area contributed by atoms with Crippen LogP contribution in [-0.4, -0.2) is 35.9 Å². The minimum absolute atomic E-state index is 0.0916. The number of nitrogens with zero attached hydrogens (tertiary/aromatic N) is 2. The summed E-state index contributed by atoms with van der Waals surface area (Å²) in [7, 11) is 0. The molecule has 0 radical (unpaired) electrons. The van der Waals surface area contributed by atoms with E-state index in [1.165, 1.54) is 17.1 Å². The monoisotopic (exact) mass is 422 g/mol. The Balaban J connectivity index is 1.89. The lowest BCUT2D eigenvalue weighted by Crippen LogP contribution is -2.21. The van der Waals surface area contributed by atoms with Gasteiger partial charge in [0.25, 0.3) is 5.91 Å². The van der Waals surface area contributed by atoms with Gasteiger partial charge in [0.2, 0.25) is 0 Å². The average molecular weight is 422 g/mol. The third-order valence-corrected chi connectivity index (χ3v) is 4.55. The van der Waals surface area contributed by atoms with Gasteiger partial charge in [-0.15, -0.1) is 0 Å². The van der Waals surface area contributed by atoms with Crippen molar-refractivity contribution in [1.82, 2.24) is 0 Å². The van der Waals surface area contributed by atoms with E-state index in [1.54, 1.807) is 25.1 Å². The van der Waals surface area contributed by atoms with Gasteiger partial charge in [-0.1, -0.05) is 26.0 Å². The van der Waals surface area contributed by atoms with Crippen LogP contribution in [-0.2, 0) is 4.79 Å². The summed E-state index contributed by atoms with van der Waals surface area (Å²) >= 11 is 0. The molecule has 0 fully saturated rings. The molecule has 1 N–H and O–H groups in total. The summed E-state index contributed by atoms with van der Waals surface area (Å²) in [4.78, 5) is 24.2. The maximum atomic E-state index is 13.0. The predicted octanol–water partition coefficient (Wildman–Crippen LogP) is 4.62. The van der Waals surface area contributed by atoms with Crippen LogP contribution >= 0.6 is 0 Å². The van der Waals surface area contributed by atoms with Gasteiger partial charge in [-0.05, 0) is 61.7 Å². The van der Waals surface area contributed by atoms with Crippen LogP contribution in [0.3, 0.4) is 0 Å². The van der Waals surface area contributed by atoms with Gasteiger partial charge >= 0.3 is 5.97 Å². The maximum absolute atomic E-state index is 13.0. The van der Waals surface area contributed by atoms with E-state index in [0.29, 0.717) is 47.6 Å². The Kier molecular flexibility index (Phi) is 6.74. The highest BCUT2D eigenvalue weighted by atomic mass is 16.5. The molecule has 0 bridgehead atoms. The van der Waals surface area contributed by atoms with E-state index in [9.17, 15) is 14.7 Å². The molecule has 1 amide bonds. The van der Waals surface area contributed by atoms with Gasteiger partial charge in [0.05, 0.1) is 35.7 Å². The molecular formula is C24H26N2O5. The number of carbonyl (C=O) groups is 2. The lowest BCUT2D eigenvalue weighted by molar-refractivity contribution is -0.114. The zero-order valence-corrected chi connectivity index (χ0v) is 18.1. The van der Waals surface area contributed by atoms with Crippen molar-refractivity contribution in [2.24, 2.45) is 11.0 Å². The molecule has 0 spiro atoms. The number of hydrogen-bond acceptors (Lipinski definition) is 5. The number of rotatable bonds is 8. The second kappa shape index (κ2) is 9.47. The summed E-state index contributed by atoms with van der Waals surface area (Å²) in [5.41, 5.74) is 2.25. The Morgan fingerprint density at radius 2 is 1.94 bits per heavy atom. The molecule has 1 aliphatic rings. The van der Waals surface area contributed by atoms with Gasteiger partial charge < -0.3 is 14.6 Å². The zero-order chi connectivity index (χ0) is 22.5. The van der Waals surface area contributed by atoms with Gasteiger partial charge in [0, 0.05) is 0 Å². The first-order valence-electron chi connectivity index (χ1n) is 10.1. The third-order valence-electron chi connectivity index (χ3n) is 4.55. The number of aromatic carboxylic acids is 1. The first-order chi connectivity index (χ1) is 14.8. The molecule has 0 unspecified atom stereocenters. The van der Waals surface area contributed by atoms with Crippen LogP contribution in [0, 0.1) is 5.92 Å². The molecule has 162 valence electrons. The van der Waals surface area contributed by atoms with Crippen LogP contribution in [0.15, 0.2) is 53.1 Å². The first-order valence-corrected chi connectivity index (χ1v) is 10.1. The number of hydrogen-bond donors (Lipinski definition) is 1. The topological polar surface area (TPSA) is 88.4 Å². The molecule has 7 heteroatoms. The number of amides is 1. The SMILES string of the molecule is CCOc1cc(/C=C2\C(=O)N(c3cccc(C(=O)O)c3)N=C2C)ccc1OCC(C)C. The van der Waals surface area contributed by atoms with E-state index in [-0.39, 0.29) is 11.5 Å². The Morgan fingerprint density at radius 1 is 1.16 bits per heavy atom. The molecule has 0 aromatic heterocycles. The predicted molar refractivity (Wildman–Crippen MR) is 120 cm³/mol.